The zero-order chi connectivity index (χ0) is 17.1. The first kappa shape index (κ1) is 16.9. The summed E-state index contributed by atoms with van der Waals surface area (Å²) in [6, 6.07) is 5.34. The van der Waals surface area contributed by atoms with Gasteiger partial charge >= 0.3 is 5.63 Å². The van der Waals surface area contributed by atoms with E-state index in [1.807, 2.05) is 13.8 Å². The van der Waals surface area contributed by atoms with Gasteiger partial charge in [0.05, 0.1) is 6.04 Å². The van der Waals surface area contributed by atoms with Crippen LogP contribution in [0.2, 0.25) is 0 Å². The molecule has 2 rings (SSSR count). The summed E-state index contributed by atoms with van der Waals surface area (Å²) in [6.45, 7) is 5.56. The van der Waals surface area contributed by atoms with Gasteiger partial charge in [-0.1, -0.05) is 26.3 Å². The Morgan fingerprint density at radius 3 is 2.65 bits per heavy atom. The average Bonchev–Trinajstić information content (AvgIpc) is 2.52. The predicted molar refractivity (Wildman–Crippen MR) is 87.1 cm³/mol. The topological polar surface area (TPSA) is 102 Å². The number of hydrogen-bond acceptors (Lipinski definition) is 5. The van der Waals surface area contributed by atoms with Crippen LogP contribution >= 0.6 is 0 Å². The lowest BCUT2D eigenvalue weighted by molar-refractivity contribution is -0.122. The maximum absolute atomic E-state index is 12.2. The molecule has 0 saturated carbocycles. The molecule has 23 heavy (non-hydrogen) atoms. The minimum Gasteiger partial charge on any atom is -0.423 e. The molecule has 6 nitrogen and oxygen atoms in total. The van der Waals surface area contributed by atoms with E-state index in [1.165, 1.54) is 12.1 Å². The molecular formula is C17H20N2O4. The van der Waals surface area contributed by atoms with Gasteiger partial charge in [-0.25, -0.2) is 4.79 Å². The minimum absolute atomic E-state index is 0.0277. The molecule has 1 aromatic carbocycles. The van der Waals surface area contributed by atoms with Gasteiger partial charge in [-0.2, -0.15) is 0 Å². The molecule has 0 saturated heterocycles. The number of carbonyl (C=O) groups is 2. The van der Waals surface area contributed by atoms with Crippen LogP contribution in [0, 0.1) is 12.8 Å². The number of nitrogens with one attached hydrogen (secondary N) is 1. The number of fused-ring (bicyclic) bond motifs is 1. The monoisotopic (exact) mass is 316 g/mol. The van der Waals surface area contributed by atoms with Crippen LogP contribution in [-0.2, 0) is 4.79 Å². The van der Waals surface area contributed by atoms with Crippen LogP contribution in [0.4, 0.5) is 0 Å². The van der Waals surface area contributed by atoms with Gasteiger partial charge in [0.2, 0.25) is 5.91 Å². The van der Waals surface area contributed by atoms with Crippen LogP contribution < -0.4 is 16.7 Å². The SMILES string of the molecule is CC[C@H](C)[C@H](N)C(=O)NC(=O)c1ccc2c(C)cc(=O)oc2c1. The van der Waals surface area contributed by atoms with Crippen LogP contribution in [0.3, 0.4) is 0 Å². The Morgan fingerprint density at radius 2 is 2.00 bits per heavy atom. The summed E-state index contributed by atoms with van der Waals surface area (Å²) in [5.74, 6) is -1.12. The Bertz CT molecular complexity index is 810. The standard InChI is InChI=1S/C17H20N2O4/c1-4-9(2)15(18)17(22)19-16(21)11-5-6-12-10(3)7-14(20)23-13(12)8-11/h5-9,15H,4,18H2,1-3H3,(H,19,21,22)/t9-,15-/m0/s1. The van der Waals surface area contributed by atoms with Gasteiger partial charge in [-0.05, 0) is 30.5 Å². The molecule has 1 aromatic heterocycles. The van der Waals surface area contributed by atoms with E-state index in [0.29, 0.717) is 5.58 Å². The summed E-state index contributed by atoms with van der Waals surface area (Å²) in [5, 5.41) is 3.02. The van der Waals surface area contributed by atoms with Crippen molar-refractivity contribution in [2.75, 3.05) is 0 Å². The number of imide groups is 1. The first-order chi connectivity index (χ1) is 10.8. The Labute approximate surface area is 133 Å². The number of hydrogen-bond donors (Lipinski definition) is 2. The van der Waals surface area contributed by atoms with Crippen LogP contribution in [0.1, 0.15) is 36.2 Å². The molecule has 0 fully saturated rings. The Balaban J connectivity index is 2.25. The molecule has 0 aliphatic heterocycles. The van der Waals surface area contributed by atoms with Crippen molar-refractivity contribution in [2.45, 2.75) is 33.2 Å². The summed E-state index contributed by atoms with van der Waals surface area (Å²) in [6.07, 6.45) is 0.739. The van der Waals surface area contributed by atoms with E-state index in [-0.39, 0.29) is 11.5 Å². The highest BCUT2D eigenvalue weighted by Gasteiger charge is 2.22. The molecule has 0 unspecified atom stereocenters. The van der Waals surface area contributed by atoms with Gasteiger partial charge in [-0.15, -0.1) is 0 Å². The van der Waals surface area contributed by atoms with Gasteiger partial charge < -0.3 is 10.2 Å². The first-order valence-corrected chi connectivity index (χ1v) is 7.48. The van der Waals surface area contributed by atoms with E-state index >= 15 is 0 Å². The fraction of sp³-hybridized carbons (Fsp3) is 0.353. The fourth-order valence-electron chi connectivity index (χ4n) is 2.25. The van der Waals surface area contributed by atoms with E-state index in [2.05, 4.69) is 5.32 Å². The summed E-state index contributed by atoms with van der Waals surface area (Å²) in [4.78, 5) is 35.6. The molecular weight excluding hydrogens is 296 g/mol. The quantitative estimate of drug-likeness (QED) is 0.836. The summed E-state index contributed by atoms with van der Waals surface area (Å²) < 4.78 is 5.10. The van der Waals surface area contributed by atoms with E-state index in [4.69, 9.17) is 10.2 Å². The molecule has 1 heterocycles. The second kappa shape index (κ2) is 6.75. The molecule has 6 heteroatoms. The lowest BCUT2D eigenvalue weighted by atomic mass is 9.99. The normalized spacial score (nSPS) is 13.6. The number of carbonyl (C=O) groups excluding carboxylic acids is 2. The van der Waals surface area contributed by atoms with Crippen molar-refractivity contribution < 1.29 is 14.0 Å². The number of rotatable bonds is 4. The maximum atomic E-state index is 12.2. The second-order valence-corrected chi connectivity index (χ2v) is 5.69. The minimum atomic E-state index is -0.746. The van der Waals surface area contributed by atoms with Gasteiger partial charge in [-0.3, -0.25) is 14.9 Å². The zero-order valence-electron chi connectivity index (χ0n) is 13.4. The van der Waals surface area contributed by atoms with Crippen LogP contribution in [0.15, 0.2) is 33.5 Å². The second-order valence-electron chi connectivity index (χ2n) is 5.69. The number of nitrogens with two attached hydrogens (primary N) is 1. The molecule has 0 radical (unpaired) electrons. The molecule has 2 amide bonds. The Morgan fingerprint density at radius 1 is 1.30 bits per heavy atom. The van der Waals surface area contributed by atoms with Gasteiger partial charge in [0.15, 0.2) is 0 Å². The molecule has 0 aliphatic rings. The Kier molecular flexibility index (Phi) is 4.95. The predicted octanol–water partition coefficient (Wildman–Crippen LogP) is 1.73. The van der Waals surface area contributed by atoms with Gasteiger partial charge in [0.25, 0.3) is 5.91 Å². The lowest BCUT2D eigenvalue weighted by Crippen LogP contribution is -2.46. The third-order valence-electron chi connectivity index (χ3n) is 4.01. The highest BCUT2D eigenvalue weighted by atomic mass is 16.4. The Hall–Kier alpha value is -2.47. The van der Waals surface area contributed by atoms with Gasteiger partial charge in [0, 0.05) is 17.0 Å². The third-order valence-corrected chi connectivity index (χ3v) is 4.01. The van der Waals surface area contributed by atoms with Crippen LogP contribution in [-0.4, -0.2) is 17.9 Å². The van der Waals surface area contributed by atoms with E-state index in [9.17, 15) is 14.4 Å². The van der Waals surface area contributed by atoms with Gasteiger partial charge in [0.1, 0.15) is 5.58 Å². The lowest BCUT2D eigenvalue weighted by Gasteiger charge is -2.17. The van der Waals surface area contributed by atoms with E-state index in [0.717, 1.165) is 17.4 Å². The third kappa shape index (κ3) is 3.65. The first-order valence-electron chi connectivity index (χ1n) is 7.48. The van der Waals surface area contributed by atoms with Crippen LogP contribution in [0.5, 0.6) is 0 Å². The zero-order valence-corrected chi connectivity index (χ0v) is 13.4. The summed E-state index contributed by atoms with van der Waals surface area (Å²) in [5.41, 5.74) is 6.62. The smallest absolute Gasteiger partial charge is 0.336 e. The number of amides is 2. The van der Waals surface area contributed by atoms with Crippen molar-refractivity contribution >= 4 is 22.8 Å². The van der Waals surface area contributed by atoms with Crippen molar-refractivity contribution in [1.29, 1.82) is 0 Å². The van der Waals surface area contributed by atoms with E-state index in [1.54, 1.807) is 19.1 Å². The summed E-state index contributed by atoms with van der Waals surface area (Å²) in [7, 11) is 0. The fourth-order valence-corrected chi connectivity index (χ4v) is 2.25. The van der Waals surface area contributed by atoms with Crippen molar-refractivity contribution in [3.8, 4) is 0 Å². The molecule has 3 N–H and O–H groups in total. The number of benzene rings is 1. The van der Waals surface area contributed by atoms with E-state index < -0.39 is 23.5 Å². The highest BCUT2D eigenvalue weighted by Crippen LogP contribution is 2.18. The summed E-state index contributed by atoms with van der Waals surface area (Å²) >= 11 is 0. The number of aryl methyl sites for hydroxylation is 1. The molecule has 2 atom stereocenters. The van der Waals surface area contributed by atoms with Crippen molar-refractivity contribution in [2.24, 2.45) is 11.7 Å². The largest absolute Gasteiger partial charge is 0.423 e. The molecule has 2 aromatic rings. The molecule has 122 valence electrons. The highest BCUT2D eigenvalue weighted by molar-refractivity contribution is 6.07. The van der Waals surface area contributed by atoms with Crippen LogP contribution in [0.25, 0.3) is 11.0 Å². The molecule has 0 bridgehead atoms. The molecule has 0 spiro atoms. The van der Waals surface area contributed by atoms with Crippen molar-refractivity contribution in [3.05, 3.63) is 45.8 Å². The molecule has 0 aliphatic carbocycles. The van der Waals surface area contributed by atoms with Crippen molar-refractivity contribution in [3.63, 3.8) is 0 Å². The maximum Gasteiger partial charge on any atom is 0.336 e. The van der Waals surface area contributed by atoms with Crippen molar-refractivity contribution in [1.82, 2.24) is 5.32 Å². The average molecular weight is 316 g/mol.